The molecule has 0 bridgehead atoms. The van der Waals surface area contributed by atoms with Crippen LogP contribution in [-0.4, -0.2) is 21.5 Å². The fourth-order valence-corrected chi connectivity index (χ4v) is 2.97. The second-order valence-corrected chi connectivity index (χ2v) is 5.62. The summed E-state index contributed by atoms with van der Waals surface area (Å²) in [6, 6.07) is 12.3. The third kappa shape index (κ3) is 3.37. The molecule has 1 aromatic carbocycles. The van der Waals surface area contributed by atoms with E-state index in [0.717, 1.165) is 24.3 Å². The minimum atomic E-state index is 0.196. The van der Waals surface area contributed by atoms with Gasteiger partial charge in [0.1, 0.15) is 5.69 Å². The highest BCUT2D eigenvalue weighted by Gasteiger charge is 2.15. The highest BCUT2D eigenvalue weighted by molar-refractivity contribution is 7.07. The highest BCUT2D eigenvalue weighted by atomic mass is 32.1. The Hall–Kier alpha value is -1.98. The van der Waals surface area contributed by atoms with E-state index in [9.17, 15) is 0 Å². The van der Waals surface area contributed by atoms with E-state index in [1.54, 1.807) is 16.1 Å². The molecule has 3 aromatic rings. The van der Waals surface area contributed by atoms with Crippen molar-refractivity contribution in [3.8, 4) is 5.69 Å². The first kappa shape index (κ1) is 14.0. The van der Waals surface area contributed by atoms with Crippen molar-refractivity contribution in [2.75, 3.05) is 6.54 Å². The van der Waals surface area contributed by atoms with Gasteiger partial charge in [0.15, 0.2) is 0 Å². The lowest BCUT2D eigenvalue weighted by Crippen LogP contribution is -2.23. The topological polar surface area (TPSA) is 42.7 Å². The number of para-hydroxylation sites is 1. The second-order valence-electron chi connectivity index (χ2n) is 4.84. The monoisotopic (exact) mass is 298 g/mol. The molecule has 0 radical (unpaired) electrons. The Bertz CT molecular complexity index is 661. The van der Waals surface area contributed by atoms with Crippen molar-refractivity contribution in [3.63, 3.8) is 0 Å². The van der Waals surface area contributed by atoms with Crippen molar-refractivity contribution in [2.24, 2.45) is 0 Å². The first-order valence-corrected chi connectivity index (χ1v) is 8.03. The fraction of sp³-hybridized carbons (Fsp3) is 0.250. The molecule has 108 valence electrons. The maximum atomic E-state index is 4.63. The van der Waals surface area contributed by atoms with Gasteiger partial charge in [-0.1, -0.05) is 25.1 Å². The zero-order chi connectivity index (χ0) is 14.5. The van der Waals surface area contributed by atoms with Crippen molar-refractivity contribution in [1.82, 2.24) is 20.3 Å². The summed E-state index contributed by atoms with van der Waals surface area (Å²) >= 11 is 1.73. The molecule has 0 aliphatic rings. The smallest absolute Gasteiger partial charge is 0.100 e. The Morgan fingerprint density at radius 1 is 1.24 bits per heavy atom. The van der Waals surface area contributed by atoms with E-state index in [0.29, 0.717) is 0 Å². The summed E-state index contributed by atoms with van der Waals surface area (Å²) < 4.78 is 0. The first-order valence-electron chi connectivity index (χ1n) is 7.09. The number of aromatic nitrogens is 3. The van der Waals surface area contributed by atoms with Gasteiger partial charge in [0, 0.05) is 0 Å². The summed E-state index contributed by atoms with van der Waals surface area (Å²) in [5.41, 5.74) is 3.29. The lowest BCUT2D eigenvalue weighted by Gasteiger charge is -2.14. The predicted molar refractivity (Wildman–Crippen MR) is 85.8 cm³/mol. The van der Waals surface area contributed by atoms with E-state index in [1.807, 2.05) is 36.5 Å². The molecule has 1 N–H and O–H groups in total. The second kappa shape index (κ2) is 6.65. The zero-order valence-corrected chi connectivity index (χ0v) is 12.8. The van der Waals surface area contributed by atoms with Gasteiger partial charge in [-0.25, -0.2) is 0 Å². The van der Waals surface area contributed by atoms with Gasteiger partial charge < -0.3 is 5.32 Å². The van der Waals surface area contributed by atoms with Crippen LogP contribution in [0.3, 0.4) is 0 Å². The van der Waals surface area contributed by atoms with Gasteiger partial charge in [-0.05, 0) is 47.5 Å². The summed E-state index contributed by atoms with van der Waals surface area (Å²) in [6.45, 7) is 3.02. The van der Waals surface area contributed by atoms with E-state index in [-0.39, 0.29) is 6.04 Å². The lowest BCUT2D eigenvalue weighted by molar-refractivity contribution is 0.531. The average Bonchev–Trinajstić information content (AvgIpc) is 3.19. The van der Waals surface area contributed by atoms with E-state index in [1.165, 1.54) is 5.56 Å². The van der Waals surface area contributed by atoms with Crippen LogP contribution in [0.5, 0.6) is 0 Å². The van der Waals surface area contributed by atoms with Crippen molar-refractivity contribution in [1.29, 1.82) is 0 Å². The quantitative estimate of drug-likeness (QED) is 0.760. The number of rotatable bonds is 6. The molecular formula is C16H18N4S. The maximum absolute atomic E-state index is 4.63. The van der Waals surface area contributed by atoms with Crippen LogP contribution < -0.4 is 5.32 Å². The van der Waals surface area contributed by atoms with E-state index >= 15 is 0 Å². The molecule has 5 heteroatoms. The summed E-state index contributed by atoms with van der Waals surface area (Å²) in [6.07, 6.45) is 2.79. The van der Waals surface area contributed by atoms with Gasteiger partial charge in [-0.3, -0.25) is 0 Å². The van der Waals surface area contributed by atoms with Crippen LogP contribution in [-0.2, 0) is 6.42 Å². The first-order chi connectivity index (χ1) is 10.4. The van der Waals surface area contributed by atoms with Gasteiger partial charge in [0.05, 0.1) is 17.9 Å². The van der Waals surface area contributed by atoms with Gasteiger partial charge in [0.25, 0.3) is 0 Å². The molecule has 0 aliphatic carbocycles. The minimum Gasteiger partial charge on any atom is -0.309 e. The van der Waals surface area contributed by atoms with Crippen LogP contribution >= 0.6 is 11.3 Å². The van der Waals surface area contributed by atoms with Crippen molar-refractivity contribution >= 4 is 11.3 Å². The van der Waals surface area contributed by atoms with E-state index < -0.39 is 0 Å². The normalized spacial score (nSPS) is 12.4. The standard InChI is InChI=1S/C16H18N4S/c1-2-17-15(10-13-8-9-21-12-13)16-11-18-20(19-16)14-6-4-3-5-7-14/h3-9,11-12,15,17H,2,10H2,1H3. The van der Waals surface area contributed by atoms with Crippen LogP contribution in [0, 0.1) is 0 Å². The van der Waals surface area contributed by atoms with Crippen LogP contribution in [0.25, 0.3) is 5.69 Å². The molecule has 0 saturated carbocycles. The fourth-order valence-electron chi connectivity index (χ4n) is 2.29. The molecule has 0 aliphatic heterocycles. The Morgan fingerprint density at radius 2 is 2.10 bits per heavy atom. The number of benzene rings is 1. The van der Waals surface area contributed by atoms with Crippen molar-refractivity contribution in [2.45, 2.75) is 19.4 Å². The molecule has 4 nitrogen and oxygen atoms in total. The number of hydrogen-bond donors (Lipinski definition) is 1. The Kier molecular flexibility index (Phi) is 4.43. The van der Waals surface area contributed by atoms with Gasteiger partial charge in [0.2, 0.25) is 0 Å². The van der Waals surface area contributed by atoms with E-state index in [2.05, 4.69) is 39.3 Å². The third-order valence-corrected chi connectivity index (χ3v) is 4.06. The van der Waals surface area contributed by atoms with Crippen LogP contribution in [0.4, 0.5) is 0 Å². The number of likely N-dealkylation sites (N-methyl/N-ethyl adjacent to an activating group) is 1. The molecule has 0 amide bonds. The van der Waals surface area contributed by atoms with Crippen LogP contribution in [0.15, 0.2) is 53.4 Å². The molecule has 21 heavy (non-hydrogen) atoms. The van der Waals surface area contributed by atoms with E-state index in [4.69, 9.17) is 0 Å². The number of nitrogens with zero attached hydrogens (tertiary/aromatic N) is 3. The Morgan fingerprint density at radius 3 is 2.81 bits per heavy atom. The summed E-state index contributed by atoms with van der Waals surface area (Å²) in [4.78, 5) is 1.69. The van der Waals surface area contributed by atoms with Crippen LogP contribution in [0.2, 0.25) is 0 Å². The van der Waals surface area contributed by atoms with Gasteiger partial charge >= 0.3 is 0 Å². The molecular weight excluding hydrogens is 280 g/mol. The molecule has 1 unspecified atom stereocenters. The molecule has 2 heterocycles. The SMILES string of the molecule is CCNC(Cc1ccsc1)c1cnn(-c2ccccc2)n1. The summed E-state index contributed by atoms with van der Waals surface area (Å²) in [7, 11) is 0. The molecule has 3 rings (SSSR count). The summed E-state index contributed by atoms with van der Waals surface area (Å²) in [5, 5.41) is 16.8. The lowest BCUT2D eigenvalue weighted by atomic mass is 10.1. The summed E-state index contributed by atoms with van der Waals surface area (Å²) in [5.74, 6) is 0. The Labute approximate surface area is 128 Å². The molecule has 1 atom stereocenters. The predicted octanol–water partition coefficient (Wildman–Crippen LogP) is 3.22. The van der Waals surface area contributed by atoms with Gasteiger partial charge in [-0.15, -0.1) is 0 Å². The molecule has 0 spiro atoms. The van der Waals surface area contributed by atoms with Gasteiger partial charge in [-0.2, -0.15) is 26.3 Å². The largest absolute Gasteiger partial charge is 0.309 e. The minimum absolute atomic E-state index is 0.196. The molecule has 0 fully saturated rings. The maximum Gasteiger partial charge on any atom is 0.100 e. The number of thiophene rings is 1. The molecule has 2 aromatic heterocycles. The Balaban J connectivity index is 1.81. The zero-order valence-electron chi connectivity index (χ0n) is 11.9. The van der Waals surface area contributed by atoms with Crippen LogP contribution in [0.1, 0.15) is 24.2 Å². The highest BCUT2D eigenvalue weighted by Crippen LogP contribution is 2.18. The third-order valence-electron chi connectivity index (χ3n) is 3.32. The number of hydrogen-bond acceptors (Lipinski definition) is 4. The van der Waals surface area contributed by atoms with Crippen molar-refractivity contribution in [3.05, 3.63) is 64.6 Å². The average molecular weight is 298 g/mol. The van der Waals surface area contributed by atoms with Crippen molar-refractivity contribution < 1.29 is 0 Å². The molecule has 0 saturated heterocycles. The number of nitrogens with one attached hydrogen (secondary N) is 1.